The molecule has 5 fully saturated rings. The third kappa shape index (κ3) is 2.69. The molecule has 5 saturated carbocycles. The van der Waals surface area contributed by atoms with Crippen LogP contribution in [0.3, 0.4) is 0 Å². The Morgan fingerprint density at radius 2 is 1.37 bits per heavy atom. The molecule has 1 unspecified atom stereocenters. The van der Waals surface area contributed by atoms with Gasteiger partial charge in [0.15, 0.2) is 0 Å². The summed E-state index contributed by atoms with van der Waals surface area (Å²) in [5, 5.41) is 10.9. The lowest BCUT2D eigenvalue weighted by Gasteiger charge is -2.71. The summed E-state index contributed by atoms with van der Waals surface area (Å²) in [5.41, 5.74) is 1.64. The molecular weight excluding hydrogens is 364 g/mol. The minimum absolute atomic E-state index is 0.493. The summed E-state index contributed by atoms with van der Waals surface area (Å²) in [7, 11) is 0. The van der Waals surface area contributed by atoms with E-state index < -0.39 is 5.60 Å². The largest absolute Gasteiger partial charge is 0.390 e. The average Bonchev–Trinajstić information content (AvgIpc) is 3.06. The quantitative estimate of drug-likeness (QED) is 0.463. The van der Waals surface area contributed by atoms with Crippen LogP contribution in [0.4, 0.5) is 0 Å². The molecule has 0 aliphatic heterocycles. The Morgan fingerprint density at radius 3 is 2.07 bits per heavy atom. The molecule has 0 heterocycles. The summed E-state index contributed by atoms with van der Waals surface area (Å²) in [4.78, 5) is 0. The molecule has 9 atom stereocenters. The number of aliphatic hydroxyl groups is 1. The zero-order valence-corrected chi connectivity index (χ0v) is 21.2. The first kappa shape index (κ1) is 21.8. The van der Waals surface area contributed by atoms with Crippen molar-refractivity contribution >= 4 is 0 Å². The molecule has 1 N–H and O–H groups in total. The molecule has 0 aromatic carbocycles. The van der Waals surface area contributed by atoms with Gasteiger partial charge < -0.3 is 5.11 Å². The first-order valence-electron chi connectivity index (χ1n) is 13.6. The van der Waals surface area contributed by atoms with Gasteiger partial charge in [-0.15, -0.1) is 0 Å². The summed E-state index contributed by atoms with van der Waals surface area (Å²) in [6, 6.07) is 0. The van der Waals surface area contributed by atoms with E-state index in [1.54, 1.807) is 0 Å². The highest BCUT2D eigenvalue weighted by atomic mass is 16.3. The van der Waals surface area contributed by atoms with Crippen LogP contribution in [0.5, 0.6) is 0 Å². The maximum Gasteiger partial charge on any atom is 0.0622 e. The molecule has 1 nitrogen and oxygen atoms in total. The molecular formula is C29H50O. The Bertz CT molecular complexity index is 687. The molecule has 172 valence electrons. The normalized spacial score (nSPS) is 55.2. The fourth-order valence-corrected chi connectivity index (χ4v) is 11.6. The standard InChI is InChI=1S/C29H50O/c1-25(2)15-8-16-27(5)23(25)14-18-29(7)24(27)12-11-22-19-9-10-21(26(3,4)30)20(19)13-17-28(22,29)6/h19-24,30H,8-18H2,1-7H3/t19-,20+,21-,22?,23-,24+,27-,28+,29+/m0/s1. The summed E-state index contributed by atoms with van der Waals surface area (Å²) in [5.74, 6) is 4.95. The van der Waals surface area contributed by atoms with E-state index in [1.165, 1.54) is 70.6 Å². The molecule has 0 saturated heterocycles. The van der Waals surface area contributed by atoms with Gasteiger partial charge in [0.1, 0.15) is 0 Å². The molecule has 0 bridgehead atoms. The first-order valence-corrected chi connectivity index (χ1v) is 13.6. The second kappa shape index (κ2) is 6.51. The fraction of sp³-hybridized carbons (Fsp3) is 1.00. The third-order valence-electron chi connectivity index (χ3n) is 13.0. The molecule has 30 heavy (non-hydrogen) atoms. The van der Waals surface area contributed by atoms with Crippen molar-refractivity contribution in [1.82, 2.24) is 0 Å². The van der Waals surface area contributed by atoms with E-state index in [-0.39, 0.29) is 0 Å². The van der Waals surface area contributed by atoms with E-state index >= 15 is 0 Å². The minimum atomic E-state index is -0.493. The molecule has 0 aromatic rings. The van der Waals surface area contributed by atoms with Gasteiger partial charge >= 0.3 is 0 Å². The van der Waals surface area contributed by atoms with Crippen molar-refractivity contribution in [3.8, 4) is 0 Å². The Hall–Kier alpha value is -0.0400. The van der Waals surface area contributed by atoms with Gasteiger partial charge in [-0.3, -0.25) is 0 Å². The van der Waals surface area contributed by atoms with E-state index in [0.717, 1.165) is 29.6 Å². The lowest BCUT2D eigenvalue weighted by atomic mass is 9.33. The number of hydrogen-bond donors (Lipinski definition) is 1. The maximum atomic E-state index is 10.9. The third-order valence-corrected chi connectivity index (χ3v) is 13.0. The lowest BCUT2D eigenvalue weighted by Crippen LogP contribution is -2.64. The zero-order chi connectivity index (χ0) is 21.7. The molecule has 0 amide bonds. The van der Waals surface area contributed by atoms with E-state index in [1.807, 2.05) is 0 Å². The average molecular weight is 415 g/mol. The van der Waals surface area contributed by atoms with Gasteiger partial charge in [0.05, 0.1) is 5.60 Å². The van der Waals surface area contributed by atoms with Crippen molar-refractivity contribution in [3.05, 3.63) is 0 Å². The van der Waals surface area contributed by atoms with Gasteiger partial charge in [-0.25, -0.2) is 0 Å². The Morgan fingerprint density at radius 1 is 0.667 bits per heavy atom. The number of hydrogen-bond acceptors (Lipinski definition) is 1. The Labute approximate surface area is 187 Å². The van der Waals surface area contributed by atoms with Crippen molar-refractivity contribution < 1.29 is 5.11 Å². The van der Waals surface area contributed by atoms with Crippen LogP contribution in [-0.4, -0.2) is 10.7 Å². The summed E-state index contributed by atoms with van der Waals surface area (Å²) in [6.07, 6.45) is 15.7. The van der Waals surface area contributed by atoms with Crippen LogP contribution < -0.4 is 0 Å². The van der Waals surface area contributed by atoms with Gasteiger partial charge in [0.2, 0.25) is 0 Å². The van der Waals surface area contributed by atoms with Crippen LogP contribution in [0.15, 0.2) is 0 Å². The first-order chi connectivity index (χ1) is 13.8. The second-order valence-corrected chi connectivity index (χ2v) is 14.7. The summed E-state index contributed by atoms with van der Waals surface area (Å²) in [6.45, 7) is 17.6. The predicted octanol–water partition coefficient (Wildman–Crippen LogP) is 7.86. The van der Waals surface area contributed by atoms with Gasteiger partial charge in [-0.1, -0.05) is 41.0 Å². The van der Waals surface area contributed by atoms with E-state index in [0.29, 0.717) is 27.6 Å². The van der Waals surface area contributed by atoms with Crippen molar-refractivity contribution in [1.29, 1.82) is 0 Å². The molecule has 5 rings (SSSR count). The van der Waals surface area contributed by atoms with Gasteiger partial charge in [-0.05, 0) is 135 Å². The molecule has 1 heteroatoms. The monoisotopic (exact) mass is 414 g/mol. The SMILES string of the molecule is CC(C)(O)[C@H]1CC[C@@H]2C3CC[C@@H]4[C@@]5(C)CCCC(C)(C)[C@@H]5CC[C@@]4(C)[C@]3(C)CC[C@H]21. The molecule has 5 aliphatic carbocycles. The highest BCUT2D eigenvalue weighted by Gasteiger charge is 2.68. The highest BCUT2D eigenvalue weighted by Crippen LogP contribution is 2.75. The van der Waals surface area contributed by atoms with Crippen LogP contribution in [0.25, 0.3) is 0 Å². The van der Waals surface area contributed by atoms with Crippen LogP contribution in [0, 0.1) is 57.2 Å². The lowest BCUT2D eigenvalue weighted by molar-refractivity contribution is -0.228. The van der Waals surface area contributed by atoms with E-state index in [9.17, 15) is 5.11 Å². The van der Waals surface area contributed by atoms with Crippen LogP contribution in [-0.2, 0) is 0 Å². The van der Waals surface area contributed by atoms with Crippen molar-refractivity contribution in [2.75, 3.05) is 0 Å². The molecule has 0 radical (unpaired) electrons. The smallest absolute Gasteiger partial charge is 0.0622 e. The predicted molar refractivity (Wildman–Crippen MR) is 126 cm³/mol. The molecule has 0 spiro atoms. The maximum absolute atomic E-state index is 10.9. The number of fused-ring (bicyclic) bond motifs is 7. The minimum Gasteiger partial charge on any atom is -0.390 e. The molecule has 5 aliphatic rings. The topological polar surface area (TPSA) is 20.2 Å². The summed E-state index contributed by atoms with van der Waals surface area (Å²) >= 11 is 0. The van der Waals surface area contributed by atoms with Crippen molar-refractivity contribution in [2.45, 2.75) is 125 Å². The fourth-order valence-electron chi connectivity index (χ4n) is 11.6. The Kier molecular flexibility index (Phi) is 4.73. The zero-order valence-electron chi connectivity index (χ0n) is 21.2. The van der Waals surface area contributed by atoms with Crippen molar-refractivity contribution in [3.63, 3.8) is 0 Å². The summed E-state index contributed by atoms with van der Waals surface area (Å²) < 4.78 is 0. The van der Waals surface area contributed by atoms with Gasteiger partial charge in [0, 0.05) is 0 Å². The van der Waals surface area contributed by atoms with Crippen LogP contribution in [0.1, 0.15) is 119 Å². The van der Waals surface area contributed by atoms with Gasteiger partial charge in [-0.2, -0.15) is 0 Å². The molecule has 0 aromatic heterocycles. The van der Waals surface area contributed by atoms with Crippen LogP contribution in [0.2, 0.25) is 0 Å². The second-order valence-electron chi connectivity index (χ2n) is 14.7. The number of rotatable bonds is 1. The van der Waals surface area contributed by atoms with Crippen LogP contribution >= 0.6 is 0 Å². The van der Waals surface area contributed by atoms with Crippen molar-refractivity contribution in [2.24, 2.45) is 57.2 Å². The Balaban J connectivity index is 1.48. The van der Waals surface area contributed by atoms with E-state index in [2.05, 4.69) is 48.5 Å². The van der Waals surface area contributed by atoms with Gasteiger partial charge in [0.25, 0.3) is 0 Å². The van der Waals surface area contributed by atoms with E-state index in [4.69, 9.17) is 0 Å². The highest BCUT2D eigenvalue weighted by molar-refractivity contribution is 5.17.